The molecule has 1 saturated carbocycles. The number of halogens is 1. The molecule has 0 aliphatic heterocycles. The van der Waals surface area contributed by atoms with E-state index in [0.29, 0.717) is 22.1 Å². The summed E-state index contributed by atoms with van der Waals surface area (Å²) in [4.78, 5) is 31.0. The molecule has 5 rings (SSSR count). The summed E-state index contributed by atoms with van der Waals surface area (Å²) in [6.45, 7) is 0. The van der Waals surface area contributed by atoms with Gasteiger partial charge in [-0.2, -0.15) is 0 Å². The Morgan fingerprint density at radius 2 is 1.60 bits per heavy atom. The van der Waals surface area contributed by atoms with Crippen molar-refractivity contribution in [1.29, 1.82) is 0 Å². The van der Waals surface area contributed by atoms with Crippen LogP contribution in [0.1, 0.15) is 58.9 Å². The third-order valence-corrected chi connectivity index (χ3v) is 7.04. The number of anilines is 1. The molecular weight excluding hydrogens is 462 g/mol. The number of hydrogen-bond acceptors (Lipinski definition) is 3. The first kappa shape index (κ1) is 23.1. The van der Waals surface area contributed by atoms with Crippen LogP contribution in [0.3, 0.4) is 0 Å². The molecule has 0 bridgehead atoms. The summed E-state index contributed by atoms with van der Waals surface area (Å²) >= 11 is 5.97. The number of carbonyl (C=O) groups is 2. The Kier molecular flexibility index (Phi) is 6.31. The van der Waals surface area contributed by atoms with Crippen LogP contribution in [0.15, 0.2) is 66.7 Å². The number of fused-ring (bicyclic) bond motifs is 1. The van der Waals surface area contributed by atoms with E-state index in [0.717, 1.165) is 35.4 Å². The molecule has 6 nitrogen and oxygen atoms in total. The molecule has 1 aromatic heterocycles. The summed E-state index contributed by atoms with van der Waals surface area (Å²) in [6.07, 6.45) is 5.71. The molecule has 0 spiro atoms. The second kappa shape index (κ2) is 9.55. The van der Waals surface area contributed by atoms with Crippen molar-refractivity contribution in [3.05, 3.63) is 82.9 Å². The van der Waals surface area contributed by atoms with E-state index in [1.54, 1.807) is 36.2 Å². The van der Waals surface area contributed by atoms with Gasteiger partial charge < -0.3 is 14.6 Å². The predicted molar refractivity (Wildman–Crippen MR) is 138 cm³/mol. The Bertz CT molecular complexity index is 1390. The number of aromatic nitrogens is 2. The van der Waals surface area contributed by atoms with Gasteiger partial charge in [-0.25, -0.2) is 9.78 Å². The van der Waals surface area contributed by atoms with E-state index >= 15 is 0 Å². The number of aromatic carboxylic acids is 1. The molecular formula is C28H26ClN3O3. The van der Waals surface area contributed by atoms with Gasteiger partial charge in [-0.15, -0.1) is 0 Å². The molecule has 1 heterocycles. The fourth-order valence-electron chi connectivity index (χ4n) is 4.88. The largest absolute Gasteiger partial charge is 0.478 e. The van der Waals surface area contributed by atoms with E-state index < -0.39 is 5.97 Å². The zero-order valence-electron chi connectivity index (χ0n) is 19.4. The highest BCUT2D eigenvalue weighted by atomic mass is 35.5. The van der Waals surface area contributed by atoms with Crippen LogP contribution >= 0.6 is 11.6 Å². The number of benzene rings is 3. The second-order valence-electron chi connectivity index (χ2n) is 9.02. The first-order chi connectivity index (χ1) is 16.9. The van der Waals surface area contributed by atoms with Crippen LogP contribution in [0.4, 0.5) is 5.69 Å². The lowest BCUT2D eigenvalue weighted by atomic mass is 9.94. The lowest BCUT2D eigenvalue weighted by molar-refractivity contribution is 0.0696. The van der Waals surface area contributed by atoms with Crippen LogP contribution in [0, 0.1) is 0 Å². The van der Waals surface area contributed by atoms with Gasteiger partial charge in [-0.1, -0.05) is 43.0 Å². The van der Waals surface area contributed by atoms with Gasteiger partial charge in [0.15, 0.2) is 0 Å². The van der Waals surface area contributed by atoms with Gasteiger partial charge in [0.2, 0.25) is 0 Å². The first-order valence-electron chi connectivity index (χ1n) is 11.8. The topological polar surface area (TPSA) is 75.4 Å². The van der Waals surface area contributed by atoms with Gasteiger partial charge >= 0.3 is 5.97 Å². The van der Waals surface area contributed by atoms with E-state index in [4.69, 9.17) is 16.6 Å². The van der Waals surface area contributed by atoms with Crippen molar-refractivity contribution in [2.24, 2.45) is 0 Å². The number of imidazole rings is 1. The maximum atomic E-state index is 13.1. The summed E-state index contributed by atoms with van der Waals surface area (Å²) in [5.41, 5.74) is 4.07. The third kappa shape index (κ3) is 4.54. The molecule has 7 heteroatoms. The molecule has 4 aromatic rings. The first-order valence-corrected chi connectivity index (χ1v) is 12.2. The average Bonchev–Trinajstić information content (AvgIpc) is 3.27. The quantitative estimate of drug-likeness (QED) is 0.334. The maximum Gasteiger partial charge on any atom is 0.335 e. The van der Waals surface area contributed by atoms with E-state index in [-0.39, 0.29) is 11.5 Å². The number of carboxylic acids is 1. The maximum absolute atomic E-state index is 13.1. The van der Waals surface area contributed by atoms with E-state index in [1.165, 1.54) is 19.3 Å². The Morgan fingerprint density at radius 3 is 2.26 bits per heavy atom. The molecule has 1 amide bonds. The SMILES string of the molecule is CN(C(=O)c1ccc(-c2nc3cc(C(=O)O)ccc3n2C2CCCCC2)cc1)c1ccc(Cl)cc1. The fourth-order valence-corrected chi connectivity index (χ4v) is 5.01. The monoisotopic (exact) mass is 487 g/mol. The summed E-state index contributed by atoms with van der Waals surface area (Å²) in [5.74, 6) is -0.279. The zero-order chi connectivity index (χ0) is 24.5. The minimum atomic E-state index is -0.965. The summed E-state index contributed by atoms with van der Waals surface area (Å²) in [7, 11) is 1.74. The van der Waals surface area contributed by atoms with Crippen LogP contribution in [0.5, 0.6) is 0 Å². The van der Waals surface area contributed by atoms with Crippen molar-refractivity contribution in [2.75, 3.05) is 11.9 Å². The minimum absolute atomic E-state index is 0.120. The van der Waals surface area contributed by atoms with Crippen LogP contribution < -0.4 is 4.90 Å². The standard InChI is InChI=1S/C28H26ClN3O3/c1-31(22-14-12-21(29)13-15-22)27(33)19-9-7-18(8-10-19)26-30-24-17-20(28(34)35)11-16-25(24)32(26)23-5-3-2-4-6-23/h7-17,23H,2-6H2,1H3,(H,34,35). The molecule has 0 unspecified atom stereocenters. The van der Waals surface area contributed by atoms with E-state index in [9.17, 15) is 14.7 Å². The molecule has 35 heavy (non-hydrogen) atoms. The van der Waals surface area contributed by atoms with Crippen molar-refractivity contribution < 1.29 is 14.7 Å². The smallest absolute Gasteiger partial charge is 0.335 e. The molecule has 0 radical (unpaired) electrons. The van der Waals surface area contributed by atoms with Crippen molar-refractivity contribution in [3.63, 3.8) is 0 Å². The van der Waals surface area contributed by atoms with Crippen LogP contribution in [0.2, 0.25) is 5.02 Å². The number of rotatable bonds is 5. The summed E-state index contributed by atoms with van der Waals surface area (Å²) < 4.78 is 2.26. The summed E-state index contributed by atoms with van der Waals surface area (Å²) in [5, 5.41) is 10.1. The van der Waals surface area contributed by atoms with Crippen LogP contribution in [0.25, 0.3) is 22.4 Å². The highest BCUT2D eigenvalue weighted by molar-refractivity contribution is 6.30. The number of hydrogen-bond donors (Lipinski definition) is 1. The highest BCUT2D eigenvalue weighted by Gasteiger charge is 2.23. The molecule has 178 valence electrons. The number of amides is 1. The second-order valence-corrected chi connectivity index (χ2v) is 9.46. The number of carboxylic acid groups (broad SMARTS) is 1. The van der Waals surface area contributed by atoms with Gasteiger partial charge in [0, 0.05) is 34.9 Å². The Hall–Kier alpha value is -3.64. The van der Waals surface area contributed by atoms with Gasteiger partial charge in [0.1, 0.15) is 5.82 Å². The Morgan fingerprint density at radius 1 is 0.943 bits per heavy atom. The normalized spacial score (nSPS) is 14.2. The van der Waals surface area contributed by atoms with Crippen LogP contribution in [-0.2, 0) is 0 Å². The van der Waals surface area contributed by atoms with Gasteiger partial charge in [-0.3, -0.25) is 4.79 Å². The zero-order valence-corrected chi connectivity index (χ0v) is 20.2. The van der Waals surface area contributed by atoms with Crippen molar-refractivity contribution >= 4 is 40.2 Å². The van der Waals surface area contributed by atoms with E-state index in [2.05, 4.69) is 4.57 Å². The van der Waals surface area contributed by atoms with Crippen molar-refractivity contribution in [1.82, 2.24) is 9.55 Å². The van der Waals surface area contributed by atoms with Crippen molar-refractivity contribution in [3.8, 4) is 11.4 Å². The fraction of sp³-hybridized carbons (Fsp3) is 0.250. The molecule has 1 N–H and O–H groups in total. The van der Waals surface area contributed by atoms with Crippen LogP contribution in [-0.4, -0.2) is 33.6 Å². The van der Waals surface area contributed by atoms with Crippen molar-refractivity contribution in [2.45, 2.75) is 38.1 Å². The molecule has 1 aliphatic rings. The number of carbonyl (C=O) groups excluding carboxylic acids is 1. The highest BCUT2D eigenvalue weighted by Crippen LogP contribution is 2.36. The molecule has 0 atom stereocenters. The lowest BCUT2D eigenvalue weighted by Gasteiger charge is -2.25. The third-order valence-electron chi connectivity index (χ3n) is 6.78. The predicted octanol–water partition coefficient (Wildman–Crippen LogP) is 6.84. The minimum Gasteiger partial charge on any atom is -0.478 e. The molecule has 3 aromatic carbocycles. The number of nitrogens with zero attached hydrogens (tertiary/aromatic N) is 3. The van der Waals surface area contributed by atoms with Gasteiger partial charge in [0.25, 0.3) is 5.91 Å². The Balaban J connectivity index is 1.51. The summed E-state index contributed by atoms with van der Waals surface area (Å²) in [6, 6.07) is 20.1. The average molecular weight is 488 g/mol. The lowest BCUT2D eigenvalue weighted by Crippen LogP contribution is -2.26. The van der Waals surface area contributed by atoms with Gasteiger partial charge in [0.05, 0.1) is 16.6 Å². The molecule has 1 aliphatic carbocycles. The van der Waals surface area contributed by atoms with Gasteiger partial charge in [-0.05, 0) is 67.4 Å². The Labute approximate surface area is 208 Å². The molecule has 0 saturated heterocycles. The molecule has 1 fully saturated rings. The van der Waals surface area contributed by atoms with E-state index in [1.807, 2.05) is 42.5 Å².